The van der Waals surface area contributed by atoms with Gasteiger partial charge in [-0.15, -0.1) is 0 Å². The molecule has 1 aliphatic heterocycles. The fraction of sp³-hybridized carbons (Fsp3) is 0.385. The molecule has 1 saturated heterocycles. The third kappa shape index (κ3) is 3.58. The number of benzene rings is 1. The van der Waals surface area contributed by atoms with E-state index in [2.05, 4.69) is 5.32 Å². The highest BCUT2D eigenvalue weighted by Gasteiger charge is 2.17. The van der Waals surface area contributed by atoms with Crippen molar-refractivity contribution in [3.63, 3.8) is 0 Å². The number of carbonyl (C=O) groups excluding carboxylic acids is 1. The molecule has 0 saturated carbocycles. The molecule has 1 aromatic carbocycles. The maximum absolute atomic E-state index is 12.0. The van der Waals surface area contributed by atoms with Gasteiger partial charge < -0.3 is 16.0 Å². The van der Waals surface area contributed by atoms with Crippen LogP contribution in [-0.4, -0.2) is 35.4 Å². The third-order valence-corrected chi connectivity index (χ3v) is 3.59. The molecule has 19 heavy (non-hydrogen) atoms. The lowest BCUT2D eigenvalue weighted by molar-refractivity contribution is -0.128. The summed E-state index contributed by atoms with van der Waals surface area (Å²) in [4.78, 5) is 14.1. The summed E-state index contributed by atoms with van der Waals surface area (Å²) in [5.41, 5.74) is 7.05. The van der Waals surface area contributed by atoms with Gasteiger partial charge in [-0.05, 0) is 31.0 Å². The summed E-state index contributed by atoms with van der Waals surface area (Å²) in [5, 5.41) is 3.65. The predicted octanol–water partition coefficient (Wildman–Crippen LogP) is 2.01. The Morgan fingerprint density at radius 2 is 2.11 bits per heavy atom. The number of anilines is 1. The molecule has 1 heterocycles. The van der Waals surface area contributed by atoms with Crippen molar-refractivity contribution < 1.29 is 4.79 Å². The summed E-state index contributed by atoms with van der Waals surface area (Å²) >= 11 is 10.9. The average molecular weight is 298 g/mol. The average Bonchev–Trinajstić information content (AvgIpc) is 2.89. The summed E-state index contributed by atoms with van der Waals surface area (Å²) in [5.74, 6) is 0.0892. The Balaban J connectivity index is 2.04. The van der Waals surface area contributed by atoms with Crippen LogP contribution in [0.4, 0.5) is 5.69 Å². The first-order chi connectivity index (χ1) is 9.08. The molecule has 0 radical (unpaired) electrons. The van der Waals surface area contributed by atoms with Gasteiger partial charge in [0, 0.05) is 29.4 Å². The number of nitrogens with one attached hydrogen (secondary N) is 1. The lowest BCUT2D eigenvalue weighted by atomic mass is 10.1. The molecule has 1 aliphatic rings. The standard InChI is InChI=1S/C13H16ClN3OS/c14-9-3-4-10(13(15)19)11(7-9)16-8-12(18)17-5-1-2-6-17/h3-4,7,16H,1-2,5-6,8H2,(H2,15,19). The quantitative estimate of drug-likeness (QED) is 0.835. The Bertz CT molecular complexity index is 501. The molecule has 2 rings (SSSR count). The second-order valence-electron chi connectivity index (χ2n) is 4.50. The minimum absolute atomic E-state index is 0.0892. The number of likely N-dealkylation sites (tertiary alicyclic amines) is 1. The van der Waals surface area contributed by atoms with Crippen molar-refractivity contribution in [3.05, 3.63) is 28.8 Å². The Labute approximate surface area is 122 Å². The summed E-state index contributed by atoms with van der Waals surface area (Å²) in [6, 6.07) is 5.21. The number of hydrogen-bond acceptors (Lipinski definition) is 3. The van der Waals surface area contributed by atoms with Gasteiger partial charge in [-0.3, -0.25) is 4.79 Å². The zero-order valence-electron chi connectivity index (χ0n) is 10.5. The maximum Gasteiger partial charge on any atom is 0.241 e. The van der Waals surface area contributed by atoms with E-state index in [4.69, 9.17) is 29.6 Å². The smallest absolute Gasteiger partial charge is 0.241 e. The van der Waals surface area contributed by atoms with Crippen molar-refractivity contribution in [1.82, 2.24) is 4.90 Å². The molecule has 1 aromatic rings. The van der Waals surface area contributed by atoms with E-state index in [9.17, 15) is 4.79 Å². The van der Waals surface area contributed by atoms with Crippen LogP contribution in [-0.2, 0) is 4.79 Å². The van der Waals surface area contributed by atoms with Crippen molar-refractivity contribution in [2.75, 3.05) is 25.0 Å². The summed E-state index contributed by atoms with van der Waals surface area (Å²) < 4.78 is 0. The lowest BCUT2D eigenvalue weighted by Crippen LogP contribution is -2.33. The topological polar surface area (TPSA) is 58.4 Å². The molecule has 0 unspecified atom stereocenters. The number of nitrogens with two attached hydrogens (primary N) is 1. The highest BCUT2D eigenvalue weighted by atomic mass is 35.5. The number of rotatable bonds is 4. The van der Waals surface area contributed by atoms with Gasteiger partial charge in [0.15, 0.2) is 0 Å². The zero-order chi connectivity index (χ0) is 13.8. The molecule has 4 nitrogen and oxygen atoms in total. The predicted molar refractivity (Wildman–Crippen MR) is 81.6 cm³/mol. The first-order valence-corrected chi connectivity index (χ1v) is 6.97. The number of halogens is 1. The van der Waals surface area contributed by atoms with Gasteiger partial charge in [0.25, 0.3) is 0 Å². The molecule has 0 bridgehead atoms. The van der Waals surface area contributed by atoms with Gasteiger partial charge in [-0.25, -0.2) is 0 Å². The second-order valence-corrected chi connectivity index (χ2v) is 5.37. The number of thiocarbonyl (C=S) groups is 1. The minimum Gasteiger partial charge on any atom is -0.389 e. The van der Waals surface area contributed by atoms with E-state index in [1.807, 2.05) is 4.90 Å². The first-order valence-electron chi connectivity index (χ1n) is 6.19. The van der Waals surface area contributed by atoms with Crippen LogP contribution in [0, 0.1) is 0 Å². The largest absolute Gasteiger partial charge is 0.389 e. The number of hydrogen-bond donors (Lipinski definition) is 2. The molecular weight excluding hydrogens is 282 g/mol. The van der Waals surface area contributed by atoms with Crippen LogP contribution >= 0.6 is 23.8 Å². The van der Waals surface area contributed by atoms with Crippen molar-refractivity contribution in [1.29, 1.82) is 0 Å². The highest BCUT2D eigenvalue weighted by Crippen LogP contribution is 2.21. The Morgan fingerprint density at radius 1 is 1.42 bits per heavy atom. The van der Waals surface area contributed by atoms with Crippen molar-refractivity contribution in [2.24, 2.45) is 5.73 Å². The van der Waals surface area contributed by atoms with E-state index >= 15 is 0 Å². The Kier molecular flexibility index (Phi) is 4.61. The molecule has 6 heteroatoms. The molecular formula is C13H16ClN3OS. The summed E-state index contributed by atoms with van der Waals surface area (Å²) in [7, 11) is 0. The first kappa shape index (κ1) is 14.1. The highest BCUT2D eigenvalue weighted by molar-refractivity contribution is 7.80. The fourth-order valence-electron chi connectivity index (χ4n) is 2.13. The van der Waals surface area contributed by atoms with Crippen LogP contribution in [0.5, 0.6) is 0 Å². The Morgan fingerprint density at radius 3 is 2.74 bits per heavy atom. The van der Waals surface area contributed by atoms with Crippen LogP contribution in [0.25, 0.3) is 0 Å². The van der Waals surface area contributed by atoms with E-state index in [-0.39, 0.29) is 17.4 Å². The molecule has 102 valence electrons. The number of nitrogens with zero attached hydrogens (tertiary/aromatic N) is 1. The molecule has 3 N–H and O–H groups in total. The minimum atomic E-state index is 0.0892. The van der Waals surface area contributed by atoms with Crippen molar-refractivity contribution in [3.8, 4) is 0 Å². The monoisotopic (exact) mass is 297 g/mol. The number of amides is 1. The summed E-state index contributed by atoms with van der Waals surface area (Å²) in [6.45, 7) is 1.92. The van der Waals surface area contributed by atoms with Gasteiger partial charge in [0.2, 0.25) is 5.91 Å². The van der Waals surface area contributed by atoms with Gasteiger partial charge in [-0.2, -0.15) is 0 Å². The van der Waals surface area contributed by atoms with Crippen molar-refractivity contribution >= 4 is 40.4 Å². The third-order valence-electron chi connectivity index (χ3n) is 3.14. The van der Waals surface area contributed by atoms with E-state index in [1.165, 1.54) is 0 Å². The van der Waals surface area contributed by atoms with Crippen LogP contribution in [0.2, 0.25) is 5.02 Å². The van der Waals surface area contributed by atoms with Crippen LogP contribution in [0.15, 0.2) is 18.2 Å². The normalized spacial score (nSPS) is 14.5. The molecule has 1 fully saturated rings. The SMILES string of the molecule is NC(=S)c1ccc(Cl)cc1NCC(=O)N1CCCC1. The van der Waals surface area contributed by atoms with Gasteiger partial charge in [0.05, 0.1) is 6.54 Å². The van der Waals surface area contributed by atoms with Crippen LogP contribution in [0.1, 0.15) is 18.4 Å². The zero-order valence-corrected chi connectivity index (χ0v) is 12.1. The summed E-state index contributed by atoms with van der Waals surface area (Å²) in [6.07, 6.45) is 2.17. The van der Waals surface area contributed by atoms with E-state index in [1.54, 1.807) is 18.2 Å². The lowest BCUT2D eigenvalue weighted by Gasteiger charge is -2.17. The van der Waals surface area contributed by atoms with Gasteiger partial charge in [0.1, 0.15) is 4.99 Å². The Hall–Kier alpha value is -1.33. The molecule has 0 spiro atoms. The molecule has 0 aliphatic carbocycles. The fourth-order valence-corrected chi connectivity index (χ4v) is 2.48. The molecule has 0 aromatic heterocycles. The van der Waals surface area contributed by atoms with E-state index in [0.717, 1.165) is 25.9 Å². The van der Waals surface area contributed by atoms with Crippen molar-refractivity contribution in [2.45, 2.75) is 12.8 Å². The van der Waals surface area contributed by atoms with Crippen LogP contribution in [0.3, 0.4) is 0 Å². The van der Waals surface area contributed by atoms with E-state index < -0.39 is 0 Å². The van der Waals surface area contributed by atoms with E-state index in [0.29, 0.717) is 16.3 Å². The maximum atomic E-state index is 12.0. The van der Waals surface area contributed by atoms with Crippen LogP contribution < -0.4 is 11.1 Å². The number of carbonyl (C=O) groups is 1. The van der Waals surface area contributed by atoms with Gasteiger partial charge >= 0.3 is 0 Å². The molecule has 1 amide bonds. The molecule has 0 atom stereocenters. The van der Waals surface area contributed by atoms with Gasteiger partial charge in [-0.1, -0.05) is 23.8 Å². The second kappa shape index (κ2) is 6.21.